The van der Waals surface area contributed by atoms with Crippen LogP contribution < -0.4 is 0 Å². The molecule has 0 bridgehead atoms. The number of fused-ring (bicyclic) bond motifs is 1. The van der Waals surface area contributed by atoms with E-state index >= 15 is 0 Å². The molecule has 0 saturated heterocycles. The number of aliphatic hydroxyl groups is 1. The standard InChI is InChI=1S/C16H28O2/c1-10(2)12-8-9-16(4)13(17)7-6-11(3)14(16)15(12)18-5/h10,12-15,17H,3,6-9H2,1-2,4-5H3/t12-,13+,14+,15-,16-/m0/s1. The summed E-state index contributed by atoms with van der Waals surface area (Å²) in [7, 11) is 1.82. The summed E-state index contributed by atoms with van der Waals surface area (Å²) in [5, 5.41) is 10.4. The summed E-state index contributed by atoms with van der Waals surface area (Å²) in [5.41, 5.74) is 1.27. The maximum atomic E-state index is 10.4. The van der Waals surface area contributed by atoms with Gasteiger partial charge in [0.25, 0.3) is 0 Å². The fourth-order valence-electron chi connectivity index (χ4n) is 4.32. The van der Waals surface area contributed by atoms with E-state index in [1.54, 1.807) is 0 Å². The molecule has 0 amide bonds. The number of hydrogen-bond acceptors (Lipinski definition) is 2. The third kappa shape index (κ3) is 2.04. The summed E-state index contributed by atoms with van der Waals surface area (Å²) in [6.07, 6.45) is 4.11. The van der Waals surface area contributed by atoms with Crippen molar-refractivity contribution in [3.8, 4) is 0 Å². The monoisotopic (exact) mass is 252 g/mol. The van der Waals surface area contributed by atoms with Crippen LogP contribution in [0.2, 0.25) is 0 Å². The van der Waals surface area contributed by atoms with Crippen LogP contribution in [0.1, 0.15) is 46.5 Å². The van der Waals surface area contributed by atoms with Crippen molar-refractivity contribution in [2.24, 2.45) is 23.2 Å². The second-order valence-corrected chi connectivity index (χ2v) is 6.84. The molecule has 2 saturated carbocycles. The average Bonchev–Trinajstić information content (AvgIpc) is 2.32. The largest absolute Gasteiger partial charge is 0.393 e. The van der Waals surface area contributed by atoms with Gasteiger partial charge in [-0.3, -0.25) is 0 Å². The molecule has 0 heterocycles. The van der Waals surface area contributed by atoms with Crippen molar-refractivity contribution in [2.45, 2.75) is 58.7 Å². The Hall–Kier alpha value is -0.340. The van der Waals surface area contributed by atoms with Crippen molar-refractivity contribution >= 4 is 0 Å². The molecule has 18 heavy (non-hydrogen) atoms. The van der Waals surface area contributed by atoms with Gasteiger partial charge in [-0.15, -0.1) is 0 Å². The van der Waals surface area contributed by atoms with Gasteiger partial charge in [-0.2, -0.15) is 0 Å². The molecular formula is C16H28O2. The fraction of sp³-hybridized carbons (Fsp3) is 0.875. The van der Waals surface area contributed by atoms with Crippen molar-refractivity contribution in [2.75, 3.05) is 7.11 Å². The first-order valence-electron chi connectivity index (χ1n) is 7.30. The molecule has 0 aromatic rings. The van der Waals surface area contributed by atoms with Gasteiger partial charge >= 0.3 is 0 Å². The zero-order chi connectivity index (χ0) is 13.5. The smallest absolute Gasteiger partial charge is 0.0673 e. The van der Waals surface area contributed by atoms with Crippen LogP contribution in [0.3, 0.4) is 0 Å². The SMILES string of the molecule is C=C1CC[C@@H](O)[C@]2(C)CC[C@@H](C(C)C)[C@H](OC)[C@@H]12. The normalized spacial score (nSPS) is 45.1. The third-order valence-corrected chi connectivity index (χ3v) is 5.55. The predicted molar refractivity (Wildman–Crippen MR) is 74.3 cm³/mol. The van der Waals surface area contributed by atoms with Gasteiger partial charge in [0.2, 0.25) is 0 Å². The lowest BCUT2D eigenvalue weighted by molar-refractivity contribution is -0.133. The van der Waals surface area contributed by atoms with Crippen molar-refractivity contribution in [3.05, 3.63) is 12.2 Å². The molecule has 1 N–H and O–H groups in total. The molecule has 0 aromatic carbocycles. The van der Waals surface area contributed by atoms with E-state index in [0.717, 1.165) is 25.7 Å². The number of methoxy groups -OCH3 is 1. The number of hydrogen-bond donors (Lipinski definition) is 1. The third-order valence-electron chi connectivity index (χ3n) is 5.55. The quantitative estimate of drug-likeness (QED) is 0.763. The summed E-state index contributed by atoms with van der Waals surface area (Å²) in [6, 6.07) is 0. The maximum Gasteiger partial charge on any atom is 0.0673 e. The zero-order valence-electron chi connectivity index (χ0n) is 12.3. The molecule has 0 aliphatic heterocycles. The minimum Gasteiger partial charge on any atom is -0.393 e. The summed E-state index contributed by atoms with van der Waals surface area (Å²) in [6.45, 7) is 11.1. The second-order valence-electron chi connectivity index (χ2n) is 6.84. The van der Waals surface area contributed by atoms with Crippen LogP contribution in [0.25, 0.3) is 0 Å². The molecule has 2 fully saturated rings. The zero-order valence-corrected chi connectivity index (χ0v) is 12.3. The van der Waals surface area contributed by atoms with Crippen LogP contribution in [0, 0.1) is 23.2 Å². The summed E-state index contributed by atoms with van der Waals surface area (Å²) in [4.78, 5) is 0. The van der Waals surface area contributed by atoms with Gasteiger partial charge in [0.1, 0.15) is 0 Å². The predicted octanol–water partition coefficient (Wildman–Crippen LogP) is 3.40. The van der Waals surface area contributed by atoms with Crippen LogP contribution in [-0.2, 0) is 4.74 Å². The van der Waals surface area contributed by atoms with Gasteiger partial charge in [-0.05, 0) is 37.5 Å². The molecule has 2 heteroatoms. The lowest BCUT2D eigenvalue weighted by Crippen LogP contribution is -2.55. The highest BCUT2D eigenvalue weighted by Gasteiger charge is 2.53. The Morgan fingerprint density at radius 3 is 2.61 bits per heavy atom. The Morgan fingerprint density at radius 1 is 1.39 bits per heavy atom. The number of rotatable bonds is 2. The van der Waals surface area contributed by atoms with Gasteiger partial charge in [0.05, 0.1) is 12.2 Å². The van der Waals surface area contributed by atoms with E-state index in [-0.39, 0.29) is 17.6 Å². The Morgan fingerprint density at radius 2 is 2.06 bits per heavy atom. The maximum absolute atomic E-state index is 10.4. The lowest BCUT2D eigenvalue weighted by atomic mass is 9.53. The van der Waals surface area contributed by atoms with E-state index < -0.39 is 0 Å². The van der Waals surface area contributed by atoms with Gasteiger partial charge in [0.15, 0.2) is 0 Å². The van der Waals surface area contributed by atoms with Gasteiger partial charge < -0.3 is 9.84 Å². The Labute approximate surface area is 111 Å². The molecule has 0 unspecified atom stereocenters. The topological polar surface area (TPSA) is 29.5 Å². The van der Waals surface area contributed by atoms with Crippen molar-refractivity contribution in [1.82, 2.24) is 0 Å². The molecular weight excluding hydrogens is 224 g/mol. The van der Waals surface area contributed by atoms with Gasteiger partial charge in [-0.1, -0.05) is 32.9 Å². The first kappa shape index (κ1) is 14.1. The minimum absolute atomic E-state index is 0.0264. The van der Waals surface area contributed by atoms with E-state index in [0.29, 0.717) is 17.8 Å². The first-order valence-corrected chi connectivity index (χ1v) is 7.30. The molecule has 2 aliphatic carbocycles. The second kappa shape index (κ2) is 4.97. The molecule has 5 atom stereocenters. The number of ether oxygens (including phenoxy) is 1. The molecule has 2 nitrogen and oxygen atoms in total. The lowest BCUT2D eigenvalue weighted by Gasteiger charge is -2.55. The number of aliphatic hydroxyl groups excluding tert-OH is 1. The summed E-state index contributed by atoms with van der Waals surface area (Å²) < 4.78 is 5.85. The molecule has 2 aliphatic rings. The minimum atomic E-state index is -0.196. The van der Waals surface area contributed by atoms with E-state index in [2.05, 4.69) is 27.4 Å². The van der Waals surface area contributed by atoms with Crippen LogP contribution in [0.4, 0.5) is 0 Å². The van der Waals surface area contributed by atoms with E-state index in [1.165, 1.54) is 5.57 Å². The molecule has 0 radical (unpaired) electrons. The Kier molecular flexibility index (Phi) is 3.89. The highest BCUT2D eigenvalue weighted by molar-refractivity contribution is 5.18. The van der Waals surface area contributed by atoms with Crippen molar-refractivity contribution in [3.63, 3.8) is 0 Å². The van der Waals surface area contributed by atoms with Crippen molar-refractivity contribution < 1.29 is 9.84 Å². The van der Waals surface area contributed by atoms with E-state index in [4.69, 9.17) is 4.74 Å². The average molecular weight is 252 g/mol. The Bertz CT molecular complexity index is 323. The molecule has 104 valence electrons. The summed E-state index contributed by atoms with van der Waals surface area (Å²) >= 11 is 0. The highest BCUT2D eigenvalue weighted by Crippen LogP contribution is 2.55. The van der Waals surface area contributed by atoms with Crippen LogP contribution in [0.5, 0.6) is 0 Å². The van der Waals surface area contributed by atoms with Crippen LogP contribution in [-0.4, -0.2) is 24.4 Å². The Balaban J connectivity index is 2.33. The van der Waals surface area contributed by atoms with Crippen molar-refractivity contribution in [1.29, 1.82) is 0 Å². The first-order chi connectivity index (χ1) is 8.41. The van der Waals surface area contributed by atoms with E-state index in [1.807, 2.05) is 7.11 Å². The van der Waals surface area contributed by atoms with E-state index in [9.17, 15) is 5.11 Å². The van der Waals surface area contributed by atoms with Crippen LogP contribution in [0.15, 0.2) is 12.2 Å². The summed E-state index contributed by atoms with van der Waals surface area (Å²) in [5.74, 6) is 1.55. The van der Waals surface area contributed by atoms with Gasteiger partial charge in [-0.25, -0.2) is 0 Å². The van der Waals surface area contributed by atoms with Crippen LogP contribution >= 0.6 is 0 Å². The molecule has 2 rings (SSSR count). The molecule has 0 aromatic heterocycles. The van der Waals surface area contributed by atoms with Gasteiger partial charge in [0, 0.05) is 18.4 Å². The molecule has 0 spiro atoms. The highest BCUT2D eigenvalue weighted by atomic mass is 16.5. The fourth-order valence-corrected chi connectivity index (χ4v) is 4.32.